The molecule has 0 bridgehead atoms. The summed E-state index contributed by atoms with van der Waals surface area (Å²) in [7, 11) is 0. The molecule has 0 aliphatic heterocycles. The van der Waals surface area contributed by atoms with Gasteiger partial charge in [0.15, 0.2) is 0 Å². The standard InChI is InChI=1S/C55H35N/c1-3-16-36(17-4-1)40-22-11-14-28-50(40)56(51-29-15-25-41-39-21-8-7-18-37(39)30-31-44(41)51)52-35-34-45-42-23-9-12-26-48(42)55(38-19-5-2-6-20-38)49-27-13-10-24-43(49)46-32-33-47(52)53(45)54(46)55/h1-35H. The second kappa shape index (κ2) is 11.9. The van der Waals surface area contributed by atoms with Gasteiger partial charge in [-0.3, -0.25) is 0 Å². The molecule has 0 heterocycles. The van der Waals surface area contributed by atoms with E-state index >= 15 is 0 Å². The summed E-state index contributed by atoms with van der Waals surface area (Å²) in [5, 5.41) is 7.54. The van der Waals surface area contributed by atoms with Crippen molar-refractivity contribution in [1.29, 1.82) is 0 Å². The van der Waals surface area contributed by atoms with Gasteiger partial charge in [-0.2, -0.15) is 0 Å². The van der Waals surface area contributed by atoms with Crippen LogP contribution in [0.5, 0.6) is 0 Å². The SMILES string of the molecule is c1ccc(-c2ccccc2N(c2ccc3c4c5c(ccc24)-c2ccccc2C5(c2ccccc2)c2ccccc2-3)c2cccc3c2ccc2ccccc23)cc1. The Bertz CT molecular complexity index is 3200. The number of nitrogens with zero attached hydrogens (tertiary/aromatic N) is 1. The van der Waals surface area contributed by atoms with Gasteiger partial charge >= 0.3 is 0 Å². The Labute approximate surface area is 326 Å². The zero-order valence-electron chi connectivity index (χ0n) is 30.7. The number of fused-ring (bicyclic) bond motifs is 9. The highest BCUT2D eigenvalue weighted by molar-refractivity contribution is 6.18. The van der Waals surface area contributed by atoms with Crippen molar-refractivity contribution in [3.63, 3.8) is 0 Å². The van der Waals surface area contributed by atoms with Crippen LogP contribution in [-0.2, 0) is 5.41 Å². The Morgan fingerprint density at radius 2 is 0.875 bits per heavy atom. The summed E-state index contributed by atoms with van der Waals surface area (Å²) in [6.45, 7) is 0. The number of para-hydroxylation sites is 1. The average Bonchev–Trinajstić information content (AvgIpc) is 3.59. The number of hydrogen-bond donors (Lipinski definition) is 0. The predicted octanol–water partition coefficient (Wildman–Crippen LogP) is 14.6. The molecule has 12 rings (SSSR count). The maximum atomic E-state index is 2.54. The van der Waals surface area contributed by atoms with Gasteiger partial charge in [-0.1, -0.05) is 194 Å². The van der Waals surface area contributed by atoms with E-state index in [4.69, 9.17) is 0 Å². The average molecular weight is 710 g/mol. The summed E-state index contributed by atoms with van der Waals surface area (Å²) in [5.41, 5.74) is 16.0. The van der Waals surface area contributed by atoms with E-state index in [0.29, 0.717) is 0 Å². The highest BCUT2D eigenvalue weighted by Gasteiger charge is 2.50. The monoisotopic (exact) mass is 709 g/mol. The van der Waals surface area contributed by atoms with Crippen LogP contribution in [0.4, 0.5) is 17.1 Å². The first-order valence-corrected chi connectivity index (χ1v) is 19.5. The molecule has 0 aromatic heterocycles. The topological polar surface area (TPSA) is 3.24 Å². The van der Waals surface area contributed by atoms with Crippen molar-refractivity contribution in [3.8, 4) is 33.4 Å². The minimum absolute atomic E-state index is 0.458. The van der Waals surface area contributed by atoms with Crippen molar-refractivity contribution in [2.24, 2.45) is 0 Å². The number of hydrogen-bond acceptors (Lipinski definition) is 1. The fourth-order valence-corrected chi connectivity index (χ4v) is 10.3. The van der Waals surface area contributed by atoms with E-state index < -0.39 is 5.41 Å². The molecule has 0 saturated carbocycles. The van der Waals surface area contributed by atoms with E-state index in [1.165, 1.54) is 88.0 Å². The molecule has 1 atom stereocenters. The summed E-state index contributed by atoms with van der Waals surface area (Å²) >= 11 is 0. The molecule has 1 heteroatoms. The third-order valence-electron chi connectivity index (χ3n) is 12.5. The van der Waals surface area contributed by atoms with E-state index in [9.17, 15) is 0 Å². The molecule has 1 unspecified atom stereocenters. The molecule has 0 amide bonds. The van der Waals surface area contributed by atoms with Gasteiger partial charge in [0, 0.05) is 16.3 Å². The first-order valence-electron chi connectivity index (χ1n) is 19.5. The third-order valence-corrected chi connectivity index (χ3v) is 12.5. The molecule has 2 aliphatic carbocycles. The molecule has 10 aromatic rings. The van der Waals surface area contributed by atoms with Gasteiger partial charge in [-0.25, -0.2) is 0 Å². The van der Waals surface area contributed by atoms with Crippen LogP contribution in [0.25, 0.3) is 65.7 Å². The first kappa shape index (κ1) is 31.2. The summed E-state index contributed by atoms with van der Waals surface area (Å²) < 4.78 is 0. The van der Waals surface area contributed by atoms with E-state index in [1.807, 2.05) is 0 Å². The van der Waals surface area contributed by atoms with Crippen LogP contribution in [-0.4, -0.2) is 0 Å². The summed E-state index contributed by atoms with van der Waals surface area (Å²) in [6, 6.07) is 78.9. The second-order valence-electron chi connectivity index (χ2n) is 15.1. The van der Waals surface area contributed by atoms with E-state index in [-0.39, 0.29) is 0 Å². The van der Waals surface area contributed by atoms with Crippen LogP contribution in [0.15, 0.2) is 212 Å². The molecule has 56 heavy (non-hydrogen) atoms. The number of rotatable bonds is 5. The Kier molecular flexibility index (Phi) is 6.62. The molecule has 0 N–H and O–H groups in total. The van der Waals surface area contributed by atoms with Gasteiger partial charge in [0.25, 0.3) is 0 Å². The van der Waals surface area contributed by atoms with Gasteiger partial charge in [-0.05, 0) is 89.8 Å². The largest absolute Gasteiger partial charge is 0.309 e. The quantitative estimate of drug-likeness (QED) is 0.161. The molecule has 0 fully saturated rings. The van der Waals surface area contributed by atoms with Crippen LogP contribution in [0.3, 0.4) is 0 Å². The van der Waals surface area contributed by atoms with Crippen LogP contribution >= 0.6 is 0 Å². The Morgan fingerprint density at radius 3 is 1.68 bits per heavy atom. The molecular formula is C55H35N. The van der Waals surface area contributed by atoms with Gasteiger partial charge in [0.2, 0.25) is 0 Å². The summed E-state index contributed by atoms with van der Waals surface area (Å²) in [4.78, 5) is 2.54. The smallest absolute Gasteiger partial charge is 0.0725 e. The van der Waals surface area contributed by atoms with Crippen molar-refractivity contribution in [1.82, 2.24) is 0 Å². The first-order chi connectivity index (χ1) is 27.8. The lowest BCUT2D eigenvalue weighted by molar-refractivity contribution is 0.773. The van der Waals surface area contributed by atoms with Crippen LogP contribution in [0, 0.1) is 0 Å². The molecule has 2 aliphatic rings. The number of benzene rings is 10. The predicted molar refractivity (Wildman–Crippen MR) is 235 cm³/mol. The van der Waals surface area contributed by atoms with E-state index in [0.717, 1.165) is 17.1 Å². The second-order valence-corrected chi connectivity index (χ2v) is 15.1. The molecule has 260 valence electrons. The van der Waals surface area contributed by atoms with Gasteiger partial charge in [-0.15, -0.1) is 0 Å². The molecule has 10 aromatic carbocycles. The lowest BCUT2D eigenvalue weighted by atomic mass is 9.62. The lowest BCUT2D eigenvalue weighted by Crippen LogP contribution is -2.31. The normalized spacial score (nSPS) is 14.9. The van der Waals surface area contributed by atoms with Crippen LogP contribution in [0.2, 0.25) is 0 Å². The highest BCUT2D eigenvalue weighted by Crippen LogP contribution is 2.64. The molecule has 0 radical (unpaired) electrons. The van der Waals surface area contributed by atoms with Gasteiger partial charge in [0.1, 0.15) is 0 Å². The van der Waals surface area contributed by atoms with Crippen molar-refractivity contribution in [3.05, 3.63) is 235 Å². The molecule has 0 spiro atoms. The Morgan fingerprint density at radius 1 is 0.304 bits per heavy atom. The van der Waals surface area contributed by atoms with Crippen molar-refractivity contribution in [2.75, 3.05) is 4.90 Å². The third kappa shape index (κ3) is 4.15. The van der Waals surface area contributed by atoms with Gasteiger partial charge in [0.05, 0.1) is 22.5 Å². The molecular weight excluding hydrogens is 675 g/mol. The van der Waals surface area contributed by atoms with Gasteiger partial charge < -0.3 is 4.90 Å². The van der Waals surface area contributed by atoms with E-state index in [1.54, 1.807) is 0 Å². The minimum Gasteiger partial charge on any atom is -0.309 e. The highest BCUT2D eigenvalue weighted by atomic mass is 15.1. The fourth-order valence-electron chi connectivity index (χ4n) is 10.3. The maximum absolute atomic E-state index is 2.54. The Balaban J connectivity index is 1.24. The van der Waals surface area contributed by atoms with Crippen molar-refractivity contribution in [2.45, 2.75) is 5.41 Å². The molecule has 1 nitrogen and oxygen atoms in total. The summed E-state index contributed by atoms with van der Waals surface area (Å²) in [6.07, 6.45) is 0. The molecule has 0 saturated heterocycles. The van der Waals surface area contributed by atoms with Crippen molar-refractivity contribution >= 4 is 49.4 Å². The fraction of sp³-hybridized carbons (Fsp3) is 0.0182. The zero-order chi connectivity index (χ0) is 36.8. The van der Waals surface area contributed by atoms with E-state index in [2.05, 4.69) is 217 Å². The number of anilines is 3. The lowest BCUT2D eigenvalue weighted by Gasteiger charge is -2.40. The summed E-state index contributed by atoms with van der Waals surface area (Å²) in [5.74, 6) is 0. The maximum Gasteiger partial charge on any atom is 0.0725 e. The Hall–Kier alpha value is -7.22. The van der Waals surface area contributed by atoms with Crippen molar-refractivity contribution < 1.29 is 0 Å². The minimum atomic E-state index is -0.458. The zero-order valence-corrected chi connectivity index (χ0v) is 30.7. The van der Waals surface area contributed by atoms with Crippen LogP contribution < -0.4 is 4.90 Å². The van der Waals surface area contributed by atoms with Crippen LogP contribution in [0.1, 0.15) is 22.3 Å².